The Bertz CT molecular complexity index is 535. The molecule has 1 amide bonds. The van der Waals surface area contributed by atoms with Crippen molar-refractivity contribution in [1.29, 1.82) is 0 Å². The average molecular weight is 331 g/mol. The van der Waals surface area contributed by atoms with Crippen molar-refractivity contribution in [3.63, 3.8) is 0 Å². The maximum atomic E-state index is 13.0. The highest BCUT2D eigenvalue weighted by molar-refractivity contribution is 5.85. The van der Waals surface area contributed by atoms with E-state index in [9.17, 15) is 13.6 Å². The Kier molecular flexibility index (Phi) is 8.06. The number of rotatable bonds is 6. The van der Waals surface area contributed by atoms with Crippen LogP contribution in [0.3, 0.4) is 0 Å². The maximum absolute atomic E-state index is 13.0. The molecule has 3 nitrogen and oxygen atoms in total. The van der Waals surface area contributed by atoms with Gasteiger partial charge in [0.05, 0.1) is 0 Å². The first-order valence-electron chi connectivity index (χ1n) is 7.24. The highest BCUT2D eigenvalue weighted by atomic mass is 35.5. The fourth-order valence-electron chi connectivity index (χ4n) is 2.28. The van der Waals surface area contributed by atoms with Crippen molar-refractivity contribution in [1.82, 2.24) is 10.6 Å². The van der Waals surface area contributed by atoms with Crippen molar-refractivity contribution >= 4 is 18.3 Å². The Labute approximate surface area is 135 Å². The molecule has 0 saturated heterocycles. The lowest BCUT2D eigenvalue weighted by Gasteiger charge is -2.14. The Hall–Kier alpha value is -1.46. The average Bonchev–Trinajstić information content (AvgIpc) is 2.50. The van der Waals surface area contributed by atoms with Gasteiger partial charge in [0, 0.05) is 19.5 Å². The number of carbonyl (C=O) groups excluding carboxylic acids is 1. The van der Waals surface area contributed by atoms with E-state index in [1.165, 1.54) is 11.6 Å². The first kappa shape index (κ1) is 18.6. The molecule has 6 heteroatoms. The number of aryl methyl sites for hydroxylation is 1. The predicted octanol–water partition coefficient (Wildman–Crippen LogP) is 2.75. The number of nitrogens with one attached hydrogen (secondary N) is 2. The summed E-state index contributed by atoms with van der Waals surface area (Å²) in [6, 6.07) is 3.86. The van der Waals surface area contributed by atoms with Crippen LogP contribution in [0.4, 0.5) is 8.78 Å². The molecule has 2 rings (SSSR count). The zero-order chi connectivity index (χ0) is 15.1. The van der Waals surface area contributed by atoms with E-state index in [4.69, 9.17) is 0 Å². The van der Waals surface area contributed by atoms with Gasteiger partial charge >= 0.3 is 0 Å². The number of hydrogen-bond donors (Lipinski definition) is 2. The van der Waals surface area contributed by atoms with Gasteiger partial charge in [-0.25, -0.2) is 8.78 Å². The second-order valence-corrected chi connectivity index (χ2v) is 5.20. The first-order chi connectivity index (χ1) is 10.1. The summed E-state index contributed by atoms with van der Waals surface area (Å²) in [6.45, 7) is 2.42. The van der Waals surface area contributed by atoms with Gasteiger partial charge in [0.1, 0.15) is 0 Å². The number of carbonyl (C=O) groups is 1. The van der Waals surface area contributed by atoms with Crippen LogP contribution < -0.4 is 10.6 Å². The largest absolute Gasteiger partial charge is 0.352 e. The zero-order valence-electron chi connectivity index (χ0n) is 12.3. The second kappa shape index (κ2) is 9.54. The molecule has 0 saturated carbocycles. The monoisotopic (exact) mass is 330 g/mol. The van der Waals surface area contributed by atoms with E-state index in [1.807, 2.05) is 0 Å². The fourth-order valence-corrected chi connectivity index (χ4v) is 2.28. The van der Waals surface area contributed by atoms with Gasteiger partial charge in [-0.3, -0.25) is 4.79 Å². The highest BCUT2D eigenvalue weighted by Crippen LogP contribution is 2.11. The molecule has 0 unspecified atom stereocenters. The summed E-state index contributed by atoms with van der Waals surface area (Å²) in [5.74, 6) is -1.68. The van der Waals surface area contributed by atoms with Crippen LogP contribution in [-0.2, 0) is 11.2 Å². The number of amides is 1. The summed E-state index contributed by atoms with van der Waals surface area (Å²) >= 11 is 0. The van der Waals surface area contributed by atoms with Crippen LogP contribution in [0.1, 0.15) is 24.8 Å². The molecule has 1 aliphatic heterocycles. The van der Waals surface area contributed by atoms with Crippen LogP contribution in [0.2, 0.25) is 0 Å². The van der Waals surface area contributed by atoms with Gasteiger partial charge in [-0.15, -0.1) is 12.4 Å². The molecule has 2 N–H and O–H groups in total. The Morgan fingerprint density at radius 1 is 1.27 bits per heavy atom. The Balaban J connectivity index is 0.00000242. The molecule has 0 aromatic heterocycles. The summed E-state index contributed by atoms with van der Waals surface area (Å²) < 4.78 is 25.8. The molecule has 1 aliphatic rings. The normalized spacial score (nSPS) is 14.0. The minimum absolute atomic E-state index is 0. The smallest absolute Gasteiger partial charge is 0.220 e. The van der Waals surface area contributed by atoms with Crippen molar-refractivity contribution in [2.45, 2.75) is 25.7 Å². The van der Waals surface area contributed by atoms with E-state index in [2.05, 4.69) is 16.7 Å². The second-order valence-electron chi connectivity index (χ2n) is 5.20. The maximum Gasteiger partial charge on any atom is 0.220 e. The van der Waals surface area contributed by atoms with Crippen molar-refractivity contribution in [2.75, 3.05) is 19.6 Å². The van der Waals surface area contributed by atoms with Gasteiger partial charge in [0.25, 0.3) is 0 Å². The highest BCUT2D eigenvalue weighted by Gasteiger charge is 2.07. The van der Waals surface area contributed by atoms with Crippen LogP contribution in [0.5, 0.6) is 0 Å². The number of hydrogen-bond acceptors (Lipinski definition) is 2. The van der Waals surface area contributed by atoms with Gasteiger partial charge in [0.15, 0.2) is 11.6 Å². The molecule has 0 radical (unpaired) electrons. The van der Waals surface area contributed by atoms with Crippen molar-refractivity contribution in [2.24, 2.45) is 0 Å². The molecule has 1 aromatic carbocycles. The first-order valence-corrected chi connectivity index (χ1v) is 7.24. The van der Waals surface area contributed by atoms with Gasteiger partial charge < -0.3 is 10.6 Å². The van der Waals surface area contributed by atoms with Gasteiger partial charge in [0.2, 0.25) is 5.91 Å². The van der Waals surface area contributed by atoms with Gasteiger partial charge in [-0.1, -0.05) is 17.7 Å². The minimum atomic E-state index is -0.841. The van der Waals surface area contributed by atoms with E-state index in [-0.39, 0.29) is 18.3 Å². The molecule has 1 aromatic rings. The molecule has 0 atom stereocenters. The van der Waals surface area contributed by atoms with Crippen molar-refractivity contribution < 1.29 is 13.6 Å². The molecule has 122 valence electrons. The molecular formula is C16H21ClF2N2O. The van der Waals surface area contributed by atoms with Gasteiger partial charge in [-0.05, 0) is 43.5 Å². The summed E-state index contributed by atoms with van der Waals surface area (Å²) in [4.78, 5) is 11.7. The number of halogens is 3. The van der Waals surface area contributed by atoms with E-state index in [0.29, 0.717) is 31.4 Å². The van der Waals surface area contributed by atoms with E-state index >= 15 is 0 Å². The lowest BCUT2D eigenvalue weighted by molar-refractivity contribution is -0.121. The predicted molar refractivity (Wildman–Crippen MR) is 85.1 cm³/mol. The summed E-state index contributed by atoms with van der Waals surface area (Å²) in [6.07, 6.45) is 4.65. The van der Waals surface area contributed by atoms with E-state index in [1.54, 1.807) is 6.07 Å². The lowest BCUT2D eigenvalue weighted by atomic mass is 10.1. The Morgan fingerprint density at radius 3 is 2.77 bits per heavy atom. The Morgan fingerprint density at radius 2 is 2.09 bits per heavy atom. The molecular weight excluding hydrogens is 310 g/mol. The third-order valence-corrected chi connectivity index (χ3v) is 3.52. The minimum Gasteiger partial charge on any atom is -0.352 e. The van der Waals surface area contributed by atoms with Crippen molar-refractivity contribution in [3.05, 3.63) is 47.0 Å². The molecule has 0 bridgehead atoms. The lowest BCUT2D eigenvalue weighted by Crippen LogP contribution is -2.29. The zero-order valence-corrected chi connectivity index (χ0v) is 13.1. The molecule has 0 fully saturated rings. The summed E-state index contributed by atoms with van der Waals surface area (Å²) in [7, 11) is 0. The summed E-state index contributed by atoms with van der Waals surface area (Å²) in [5.41, 5.74) is 1.96. The summed E-state index contributed by atoms with van der Waals surface area (Å²) in [5, 5.41) is 6.11. The molecule has 0 aliphatic carbocycles. The SMILES string of the molecule is Cl.O=C(CCCc1ccc(F)c(F)c1)NCC1=CCNCC1. The quantitative estimate of drug-likeness (QED) is 0.787. The van der Waals surface area contributed by atoms with Crippen LogP contribution in [0.25, 0.3) is 0 Å². The fraction of sp³-hybridized carbons (Fsp3) is 0.438. The van der Waals surface area contributed by atoms with E-state index < -0.39 is 11.6 Å². The van der Waals surface area contributed by atoms with Crippen LogP contribution in [-0.4, -0.2) is 25.5 Å². The molecule has 22 heavy (non-hydrogen) atoms. The van der Waals surface area contributed by atoms with E-state index in [0.717, 1.165) is 25.6 Å². The standard InChI is InChI=1S/C16H20F2N2O.ClH/c17-14-5-4-12(10-15(14)18)2-1-3-16(21)20-11-13-6-8-19-9-7-13;/h4-6,10,19H,1-3,7-9,11H2,(H,20,21);1H. The molecule has 1 heterocycles. The third kappa shape index (κ3) is 6.12. The number of benzene rings is 1. The topological polar surface area (TPSA) is 41.1 Å². The van der Waals surface area contributed by atoms with Crippen LogP contribution >= 0.6 is 12.4 Å². The van der Waals surface area contributed by atoms with Crippen LogP contribution in [0, 0.1) is 11.6 Å². The third-order valence-electron chi connectivity index (χ3n) is 3.52. The molecule has 0 spiro atoms. The van der Waals surface area contributed by atoms with Crippen LogP contribution in [0.15, 0.2) is 29.8 Å². The van der Waals surface area contributed by atoms with Gasteiger partial charge in [-0.2, -0.15) is 0 Å². The van der Waals surface area contributed by atoms with Crippen molar-refractivity contribution in [3.8, 4) is 0 Å².